The van der Waals surface area contributed by atoms with Crippen molar-refractivity contribution in [2.75, 3.05) is 18.9 Å². The molecule has 0 atom stereocenters. The Kier molecular flexibility index (Phi) is 4.77. The Morgan fingerprint density at radius 3 is 2.46 bits per heavy atom. The number of ether oxygens (including phenoxy) is 1. The predicted octanol–water partition coefficient (Wildman–Crippen LogP) is 2.40. The smallest absolute Gasteiger partial charge is 0.262 e. The van der Waals surface area contributed by atoms with Crippen LogP contribution in [0, 0.1) is 0 Å². The Morgan fingerprint density at radius 1 is 1.08 bits per heavy atom. The zero-order chi connectivity index (χ0) is 18.7. The average Bonchev–Trinajstić information content (AvgIpc) is 2.67. The molecule has 0 saturated carbocycles. The molecular weight excluding hydrogens is 354 g/mol. The molecule has 2 aromatic carbocycles. The summed E-state index contributed by atoms with van der Waals surface area (Å²) in [6.45, 7) is 0. The summed E-state index contributed by atoms with van der Waals surface area (Å²) in [5.41, 5.74) is 1.12. The van der Waals surface area contributed by atoms with E-state index < -0.39 is 10.0 Å². The Hall–Kier alpha value is -3.13. The van der Waals surface area contributed by atoms with Gasteiger partial charge in [-0.05, 0) is 42.5 Å². The molecule has 3 rings (SSSR count). The van der Waals surface area contributed by atoms with Crippen molar-refractivity contribution in [1.82, 2.24) is 10.3 Å². The van der Waals surface area contributed by atoms with Gasteiger partial charge in [0, 0.05) is 24.2 Å². The number of methoxy groups -OCH3 is 1. The van der Waals surface area contributed by atoms with Crippen LogP contribution in [0.2, 0.25) is 0 Å². The highest BCUT2D eigenvalue weighted by Crippen LogP contribution is 2.33. The summed E-state index contributed by atoms with van der Waals surface area (Å²) in [6, 6.07) is 12.7. The van der Waals surface area contributed by atoms with Crippen LogP contribution in [-0.2, 0) is 10.0 Å². The number of nitrogens with zero attached hydrogens (tertiary/aromatic N) is 1. The lowest BCUT2D eigenvalue weighted by Gasteiger charge is -2.14. The molecule has 0 aliphatic heterocycles. The molecule has 0 radical (unpaired) electrons. The van der Waals surface area contributed by atoms with Crippen LogP contribution in [0.1, 0.15) is 10.4 Å². The molecule has 8 heteroatoms. The van der Waals surface area contributed by atoms with Crippen molar-refractivity contribution < 1.29 is 17.9 Å². The van der Waals surface area contributed by atoms with Gasteiger partial charge in [-0.25, -0.2) is 8.42 Å². The number of amides is 1. The van der Waals surface area contributed by atoms with Crippen molar-refractivity contribution in [3.63, 3.8) is 0 Å². The van der Waals surface area contributed by atoms with Gasteiger partial charge in [0.1, 0.15) is 11.4 Å². The third-order valence-corrected chi connectivity index (χ3v) is 5.21. The van der Waals surface area contributed by atoms with Crippen LogP contribution in [0.3, 0.4) is 0 Å². The summed E-state index contributed by atoms with van der Waals surface area (Å²) in [6.07, 6.45) is 1.58. The molecule has 26 heavy (non-hydrogen) atoms. The largest absolute Gasteiger partial charge is 0.494 e. The number of anilines is 1. The molecule has 7 nitrogen and oxygen atoms in total. The van der Waals surface area contributed by atoms with E-state index >= 15 is 0 Å². The number of carbonyl (C=O) groups excluding carboxylic acids is 1. The molecule has 0 spiro atoms. The number of aromatic nitrogens is 1. The van der Waals surface area contributed by atoms with E-state index in [4.69, 9.17) is 4.74 Å². The van der Waals surface area contributed by atoms with Gasteiger partial charge in [0.05, 0.1) is 17.5 Å². The lowest BCUT2D eigenvalue weighted by molar-refractivity contribution is 0.0963. The third kappa shape index (κ3) is 3.31. The highest BCUT2D eigenvalue weighted by atomic mass is 32.2. The molecule has 134 valence electrons. The first-order valence-electron chi connectivity index (χ1n) is 7.73. The summed E-state index contributed by atoms with van der Waals surface area (Å²) >= 11 is 0. The average molecular weight is 371 g/mol. The minimum atomic E-state index is -3.89. The zero-order valence-corrected chi connectivity index (χ0v) is 15.0. The van der Waals surface area contributed by atoms with Crippen LogP contribution in [-0.4, -0.2) is 33.5 Å². The van der Waals surface area contributed by atoms with Crippen LogP contribution in [0.4, 0.5) is 5.69 Å². The normalized spacial score (nSPS) is 11.2. The van der Waals surface area contributed by atoms with Crippen LogP contribution in [0.15, 0.2) is 59.6 Å². The van der Waals surface area contributed by atoms with Crippen molar-refractivity contribution in [3.8, 4) is 5.75 Å². The third-order valence-electron chi connectivity index (χ3n) is 3.85. The van der Waals surface area contributed by atoms with Crippen LogP contribution < -0.4 is 14.8 Å². The van der Waals surface area contributed by atoms with Gasteiger partial charge in [-0.2, -0.15) is 0 Å². The second-order valence-corrected chi connectivity index (χ2v) is 7.11. The van der Waals surface area contributed by atoms with Crippen molar-refractivity contribution in [3.05, 3.63) is 60.3 Å². The van der Waals surface area contributed by atoms with Gasteiger partial charge >= 0.3 is 0 Å². The number of fused-ring (bicyclic) bond motifs is 1. The maximum absolute atomic E-state index is 12.8. The van der Waals surface area contributed by atoms with Gasteiger partial charge in [0.25, 0.3) is 15.9 Å². The van der Waals surface area contributed by atoms with E-state index in [1.54, 1.807) is 24.4 Å². The minimum absolute atomic E-state index is 0.0279. The van der Waals surface area contributed by atoms with Crippen molar-refractivity contribution in [2.24, 2.45) is 0 Å². The van der Waals surface area contributed by atoms with Gasteiger partial charge < -0.3 is 10.1 Å². The molecule has 3 aromatic rings. The molecule has 2 N–H and O–H groups in total. The van der Waals surface area contributed by atoms with Crippen molar-refractivity contribution in [1.29, 1.82) is 0 Å². The molecule has 1 amide bonds. The number of sulfonamides is 1. The van der Waals surface area contributed by atoms with E-state index in [1.807, 2.05) is 6.07 Å². The highest BCUT2D eigenvalue weighted by Gasteiger charge is 2.19. The molecule has 0 fully saturated rings. The number of pyridine rings is 1. The van der Waals surface area contributed by atoms with Gasteiger partial charge in [-0.3, -0.25) is 14.5 Å². The Labute approximate surface area is 151 Å². The Bertz CT molecular complexity index is 1060. The van der Waals surface area contributed by atoms with Crippen LogP contribution in [0.5, 0.6) is 5.75 Å². The topological polar surface area (TPSA) is 97.4 Å². The number of hydrogen-bond donors (Lipinski definition) is 2. The number of benzene rings is 2. The van der Waals surface area contributed by atoms with Gasteiger partial charge in [-0.15, -0.1) is 0 Å². The fourth-order valence-electron chi connectivity index (χ4n) is 2.52. The summed E-state index contributed by atoms with van der Waals surface area (Å²) in [5.74, 6) is 0.0728. The van der Waals surface area contributed by atoms with E-state index in [0.29, 0.717) is 16.8 Å². The zero-order valence-electron chi connectivity index (χ0n) is 14.2. The van der Waals surface area contributed by atoms with E-state index in [-0.39, 0.29) is 16.5 Å². The molecule has 0 aliphatic carbocycles. The SMILES string of the molecule is CNC(=O)c1ccc(S(=O)(=O)Nc2c(OC)ccc3cccnc23)cc1. The molecule has 1 heterocycles. The second-order valence-electron chi connectivity index (χ2n) is 5.43. The molecule has 0 bridgehead atoms. The fourth-order valence-corrected chi connectivity index (χ4v) is 3.60. The summed E-state index contributed by atoms with van der Waals surface area (Å²) in [7, 11) is -0.922. The van der Waals surface area contributed by atoms with Crippen molar-refractivity contribution in [2.45, 2.75) is 4.90 Å². The first kappa shape index (κ1) is 17.7. The first-order chi connectivity index (χ1) is 12.5. The van der Waals surface area contributed by atoms with E-state index in [9.17, 15) is 13.2 Å². The van der Waals surface area contributed by atoms with Gasteiger partial charge in [-0.1, -0.05) is 6.07 Å². The molecule has 0 unspecified atom stereocenters. The summed E-state index contributed by atoms with van der Waals surface area (Å²) < 4.78 is 33.4. The molecule has 0 saturated heterocycles. The Balaban J connectivity index is 2.02. The summed E-state index contributed by atoms with van der Waals surface area (Å²) in [5, 5.41) is 3.26. The lowest BCUT2D eigenvalue weighted by atomic mass is 10.2. The lowest BCUT2D eigenvalue weighted by Crippen LogP contribution is -2.18. The maximum Gasteiger partial charge on any atom is 0.262 e. The molecule has 0 aliphatic rings. The quantitative estimate of drug-likeness (QED) is 0.718. The number of nitrogens with one attached hydrogen (secondary N) is 2. The van der Waals surface area contributed by atoms with Crippen LogP contribution >= 0.6 is 0 Å². The minimum Gasteiger partial charge on any atom is -0.494 e. The monoisotopic (exact) mass is 371 g/mol. The van der Waals surface area contributed by atoms with E-state index in [0.717, 1.165) is 5.39 Å². The fraction of sp³-hybridized carbons (Fsp3) is 0.111. The predicted molar refractivity (Wildman–Crippen MR) is 98.9 cm³/mol. The molecular formula is C18H17N3O4S. The van der Waals surface area contributed by atoms with Gasteiger partial charge in [0.15, 0.2) is 0 Å². The first-order valence-corrected chi connectivity index (χ1v) is 9.21. The second kappa shape index (κ2) is 7.01. The van der Waals surface area contributed by atoms with Crippen LogP contribution in [0.25, 0.3) is 10.9 Å². The standard InChI is InChI=1S/C18H17N3O4S/c1-19-18(22)13-5-8-14(9-6-13)26(23,24)21-17-15(25-2)10-7-12-4-3-11-20-16(12)17/h3-11,21H,1-2H3,(H,19,22). The number of rotatable bonds is 5. The van der Waals surface area contributed by atoms with E-state index in [2.05, 4.69) is 15.0 Å². The van der Waals surface area contributed by atoms with Gasteiger partial charge in [0.2, 0.25) is 0 Å². The number of carbonyl (C=O) groups is 1. The highest BCUT2D eigenvalue weighted by molar-refractivity contribution is 7.92. The summed E-state index contributed by atoms with van der Waals surface area (Å²) in [4.78, 5) is 15.9. The molecule has 1 aromatic heterocycles. The Morgan fingerprint density at radius 2 is 1.81 bits per heavy atom. The maximum atomic E-state index is 12.8. The van der Waals surface area contributed by atoms with Crippen molar-refractivity contribution >= 4 is 32.5 Å². The number of hydrogen-bond acceptors (Lipinski definition) is 5. The van der Waals surface area contributed by atoms with E-state index in [1.165, 1.54) is 38.4 Å².